The maximum absolute atomic E-state index is 13.5. The first-order chi connectivity index (χ1) is 17.9. The van der Waals surface area contributed by atoms with Crippen LogP contribution in [0.2, 0.25) is 0 Å². The fourth-order valence-corrected chi connectivity index (χ4v) is 4.51. The fraction of sp³-hybridized carbons (Fsp3) is 0.214. The van der Waals surface area contributed by atoms with Crippen LogP contribution in [-0.2, 0) is 20.7 Å². The van der Waals surface area contributed by atoms with Crippen molar-refractivity contribution < 1.29 is 23.5 Å². The van der Waals surface area contributed by atoms with Crippen LogP contribution in [0.25, 0.3) is 0 Å². The molecule has 1 aliphatic rings. The normalized spacial score (nSPS) is 15.1. The Hall–Kier alpha value is -4.11. The van der Waals surface area contributed by atoms with Crippen LogP contribution in [0.3, 0.4) is 0 Å². The van der Waals surface area contributed by atoms with Crippen molar-refractivity contribution in [1.82, 2.24) is 4.90 Å². The molecule has 3 aromatic carbocycles. The van der Waals surface area contributed by atoms with E-state index in [0.29, 0.717) is 35.0 Å². The Morgan fingerprint density at radius 3 is 2.32 bits per heavy atom. The lowest BCUT2D eigenvalue weighted by atomic mass is 10.1. The highest BCUT2D eigenvalue weighted by atomic mass is 32.1. The molecule has 1 atom stereocenters. The van der Waals surface area contributed by atoms with E-state index in [1.165, 1.54) is 17.0 Å². The number of nitrogens with one attached hydrogen (secondary N) is 1. The molecule has 0 unspecified atom stereocenters. The summed E-state index contributed by atoms with van der Waals surface area (Å²) in [6.45, 7) is 2.38. The molecule has 1 heterocycles. The van der Waals surface area contributed by atoms with E-state index < -0.39 is 12.0 Å². The predicted molar refractivity (Wildman–Crippen MR) is 143 cm³/mol. The molecule has 7 nitrogen and oxygen atoms in total. The zero-order valence-electron chi connectivity index (χ0n) is 20.2. The molecule has 0 aliphatic carbocycles. The molecule has 9 heteroatoms. The second kappa shape index (κ2) is 11.7. The minimum atomic E-state index is -0.799. The number of hydrogen-bond acceptors (Lipinski definition) is 5. The number of carbonyl (C=O) groups excluding carboxylic acids is 3. The van der Waals surface area contributed by atoms with Crippen LogP contribution in [0.5, 0.6) is 0 Å². The number of rotatable bonds is 9. The zero-order valence-corrected chi connectivity index (χ0v) is 21.0. The van der Waals surface area contributed by atoms with Gasteiger partial charge in [0, 0.05) is 12.2 Å². The Morgan fingerprint density at radius 1 is 1.00 bits per heavy atom. The summed E-state index contributed by atoms with van der Waals surface area (Å²) in [5, 5.41) is 3.10. The van der Waals surface area contributed by atoms with Crippen LogP contribution in [0.1, 0.15) is 29.3 Å². The van der Waals surface area contributed by atoms with Crippen LogP contribution >= 0.6 is 12.2 Å². The Bertz CT molecular complexity index is 1280. The van der Waals surface area contributed by atoms with E-state index in [-0.39, 0.29) is 30.7 Å². The van der Waals surface area contributed by atoms with Gasteiger partial charge in [-0.15, -0.1) is 0 Å². The summed E-state index contributed by atoms with van der Waals surface area (Å²) in [6, 6.07) is 20.7. The molecule has 37 heavy (non-hydrogen) atoms. The molecular formula is C28H26FN3O4S. The smallest absolute Gasteiger partial charge is 0.338 e. The van der Waals surface area contributed by atoms with E-state index in [0.717, 1.165) is 5.56 Å². The Balaban J connectivity index is 1.49. The molecule has 0 aromatic heterocycles. The maximum Gasteiger partial charge on any atom is 0.338 e. The number of anilines is 2. The first-order valence-corrected chi connectivity index (χ1v) is 12.3. The molecule has 0 spiro atoms. The molecule has 1 N–H and O–H groups in total. The molecule has 1 fully saturated rings. The average Bonchev–Trinajstić information content (AvgIpc) is 3.13. The summed E-state index contributed by atoms with van der Waals surface area (Å²) in [6.07, 6.45) is 0.398. The highest BCUT2D eigenvalue weighted by Crippen LogP contribution is 2.27. The van der Waals surface area contributed by atoms with Crippen molar-refractivity contribution in [3.8, 4) is 0 Å². The number of nitrogens with zero attached hydrogens (tertiary/aromatic N) is 2. The van der Waals surface area contributed by atoms with E-state index in [2.05, 4.69) is 5.32 Å². The SMILES string of the molecule is CCOC(=O)c1ccc(NC(=O)C[C@H]2C(=O)N(c3ccccc3)C(=S)N2CCc2ccc(F)cc2)cc1. The number of esters is 1. The number of thiocarbonyl (C=S) groups is 1. The first-order valence-electron chi connectivity index (χ1n) is 11.9. The molecule has 0 bridgehead atoms. The molecule has 190 valence electrons. The molecule has 0 saturated carbocycles. The predicted octanol–water partition coefficient (Wildman–Crippen LogP) is 4.58. The highest BCUT2D eigenvalue weighted by molar-refractivity contribution is 7.80. The van der Waals surface area contributed by atoms with Crippen molar-refractivity contribution in [2.24, 2.45) is 0 Å². The number of carbonyl (C=O) groups is 3. The molecule has 2 amide bonds. The van der Waals surface area contributed by atoms with Crippen molar-refractivity contribution in [2.45, 2.75) is 25.8 Å². The molecular weight excluding hydrogens is 493 g/mol. The number of benzene rings is 3. The largest absolute Gasteiger partial charge is 0.462 e. The molecule has 0 radical (unpaired) electrons. The third kappa shape index (κ3) is 6.18. The Morgan fingerprint density at radius 2 is 1.68 bits per heavy atom. The van der Waals surface area contributed by atoms with Gasteiger partial charge in [0.25, 0.3) is 5.91 Å². The molecule has 3 aromatic rings. The maximum atomic E-state index is 13.5. The third-order valence-electron chi connectivity index (χ3n) is 5.95. The van der Waals surface area contributed by atoms with E-state index in [1.54, 1.807) is 60.4 Å². The van der Waals surface area contributed by atoms with Gasteiger partial charge in [-0.2, -0.15) is 0 Å². The van der Waals surface area contributed by atoms with Crippen molar-refractivity contribution in [1.29, 1.82) is 0 Å². The van der Waals surface area contributed by atoms with Gasteiger partial charge in [0.15, 0.2) is 5.11 Å². The second-order valence-corrected chi connectivity index (χ2v) is 8.79. The minimum Gasteiger partial charge on any atom is -0.462 e. The van der Waals surface area contributed by atoms with Gasteiger partial charge < -0.3 is 15.0 Å². The summed E-state index contributed by atoms with van der Waals surface area (Å²) in [5.74, 6) is -1.42. The highest BCUT2D eigenvalue weighted by Gasteiger charge is 2.43. The summed E-state index contributed by atoms with van der Waals surface area (Å²) in [4.78, 5) is 41.5. The van der Waals surface area contributed by atoms with Crippen molar-refractivity contribution in [3.63, 3.8) is 0 Å². The summed E-state index contributed by atoms with van der Waals surface area (Å²) >= 11 is 5.67. The van der Waals surface area contributed by atoms with E-state index in [1.807, 2.05) is 18.2 Å². The minimum absolute atomic E-state index is 0.120. The lowest BCUT2D eigenvalue weighted by Crippen LogP contribution is -2.39. The third-order valence-corrected chi connectivity index (χ3v) is 6.36. The van der Waals surface area contributed by atoms with Crippen molar-refractivity contribution in [2.75, 3.05) is 23.4 Å². The van der Waals surface area contributed by atoms with Gasteiger partial charge in [-0.25, -0.2) is 9.18 Å². The summed E-state index contributed by atoms with van der Waals surface area (Å²) < 4.78 is 18.3. The fourth-order valence-electron chi connectivity index (χ4n) is 4.09. The quantitative estimate of drug-likeness (QED) is 0.330. The van der Waals surface area contributed by atoms with Crippen LogP contribution in [0, 0.1) is 5.82 Å². The molecule has 4 rings (SSSR count). The first kappa shape index (κ1) is 26.0. The Labute approximate surface area is 219 Å². The van der Waals surface area contributed by atoms with Crippen LogP contribution in [0.4, 0.5) is 15.8 Å². The number of ether oxygens (including phenoxy) is 1. The topological polar surface area (TPSA) is 78.9 Å². The zero-order chi connectivity index (χ0) is 26.4. The number of para-hydroxylation sites is 1. The average molecular weight is 520 g/mol. The van der Waals surface area contributed by atoms with Crippen molar-refractivity contribution in [3.05, 3.63) is 95.8 Å². The Kier molecular flexibility index (Phi) is 8.25. The number of halogens is 1. The van der Waals surface area contributed by atoms with Gasteiger partial charge in [0.2, 0.25) is 5.91 Å². The van der Waals surface area contributed by atoms with E-state index in [4.69, 9.17) is 17.0 Å². The molecule has 1 saturated heterocycles. The number of amides is 2. The van der Waals surface area contributed by atoms with Gasteiger partial charge in [0.1, 0.15) is 11.9 Å². The van der Waals surface area contributed by atoms with Gasteiger partial charge >= 0.3 is 5.97 Å². The van der Waals surface area contributed by atoms with Gasteiger partial charge in [0.05, 0.1) is 24.3 Å². The summed E-state index contributed by atoms with van der Waals surface area (Å²) in [5.41, 5.74) is 2.38. The lowest BCUT2D eigenvalue weighted by molar-refractivity contribution is -0.124. The molecule has 1 aliphatic heterocycles. The van der Waals surface area contributed by atoms with E-state index >= 15 is 0 Å². The standard InChI is InChI=1S/C28H26FN3O4S/c1-2-36-27(35)20-10-14-22(15-11-20)30-25(33)18-24-26(34)32(23-6-4-3-5-7-23)28(37)31(24)17-16-19-8-12-21(29)13-9-19/h3-15,24H,2,16-18H2,1H3,(H,30,33)/t24-/m0/s1. The lowest BCUT2D eigenvalue weighted by Gasteiger charge is -2.24. The van der Waals surface area contributed by atoms with Crippen molar-refractivity contribution >= 4 is 46.5 Å². The van der Waals surface area contributed by atoms with Crippen LogP contribution < -0.4 is 10.2 Å². The monoisotopic (exact) mass is 519 g/mol. The van der Waals surface area contributed by atoms with E-state index in [9.17, 15) is 18.8 Å². The number of hydrogen-bond donors (Lipinski definition) is 1. The van der Waals surface area contributed by atoms with Gasteiger partial charge in [-0.1, -0.05) is 30.3 Å². The van der Waals surface area contributed by atoms with Gasteiger partial charge in [-0.3, -0.25) is 14.5 Å². The van der Waals surface area contributed by atoms with Crippen LogP contribution in [0.15, 0.2) is 78.9 Å². The van der Waals surface area contributed by atoms with Crippen LogP contribution in [-0.4, -0.2) is 47.0 Å². The summed E-state index contributed by atoms with van der Waals surface area (Å²) in [7, 11) is 0. The van der Waals surface area contributed by atoms with Gasteiger partial charge in [-0.05, 0) is 79.7 Å². The second-order valence-electron chi connectivity index (χ2n) is 8.43.